The van der Waals surface area contributed by atoms with Gasteiger partial charge in [0.25, 0.3) is 5.56 Å². The molecule has 16 heavy (non-hydrogen) atoms. The monoisotopic (exact) mass is 236 g/mol. The third kappa shape index (κ3) is 2.66. The maximum Gasteiger partial charge on any atom is 0.252 e. The van der Waals surface area contributed by atoms with Crippen LogP contribution in [0, 0.1) is 0 Å². The first-order valence-corrected chi connectivity index (χ1v) is 5.93. The van der Waals surface area contributed by atoms with Crippen molar-refractivity contribution < 1.29 is 0 Å². The van der Waals surface area contributed by atoms with Gasteiger partial charge in [0.2, 0.25) is 0 Å². The lowest BCUT2D eigenvalue weighted by atomic mass is 10.4. The number of hydrogen-bond acceptors (Lipinski definition) is 5. The second kappa shape index (κ2) is 4.89. The fourth-order valence-corrected chi connectivity index (χ4v) is 1.83. The first-order chi connectivity index (χ1) is 7.78. The molecule has 0 radical (unpaired) electrons. The topological polar surface area (TPSA) is 70.7 Å². The molecule has 0 aliphatic carbocycles. The van der Waals surface area contributed by atoms with Crippen LogP contribution in [-0.4, -0.2) is 15.0 Å². The van der Waals surface area contributed by atoms with Crippen LogP contribution in [0.3, 0.4) is 0 Å². The lowest BCUT2D eigenvalue weighted by molar-refractivity contribution is 0.912. The van der Waals surface area contributed by atoms with Crippen molar-refractivity contribution in [1.29, 1.82) is 0 Å². The molecule has 6 heteroatoms. The first kappa shape index (κ1) is 10.8. The van der Waals surface area contributed by atoms with E-state index in [1.54, 1.807) is 16.8 Å². The van der Waals surface area contributed by atoms with Gasteiger partial charge < -0.3 is 10.3 Å². The Balaban J connectivity index is 2.09. The van der Waals surface area contributed by atoms with Gasteiger partial charge in [0.15, 0.2) is 0 Å². The number of nitrogens with one attached hydrogen (secondary N) is 2. The van der Waals surface area contributed by atoms with Crippen LogP contribution in [0.2, 0.25) is 0 Å². The van der Waals surface area contributed by atoms with E-state index in [0.29, 0.717) is 24.6 Å². The fourth-order valence-electron chi connectivity index (χ4n) is 1.27. The minimum absolute atomic E-state index is 0.132. The SMILES string of the molecule is CCc1nc(NCc2cscn2)cc(=O)[nH]1. The maximum absolute atomic E-state index is 11.3. The molecular formula is C10H12N4OS. The van der Waals surface area contributed by atoms with Gasteiger partial charge in [-0.1, -0.05) is 6.92 Å². The molecule has 0 saturated heterocycles. The molecule has 2 aromatic heterocycles. The summed E-state index contributed by atoms with van der Waals surface area (Å²) in [5, 5.41) is 5.03. The van der Waals surface area contributed by atoms with Gasteiger partial charge in [-0.2, -0.15) is 0 Å². The molecule has 84 valence electrons. The Hall–Kier alpha value is -1.69. The van der Waals surface area contributed by atoms with Gasteiger partial charge >= 0.3 is 0 Å². The van der Waals surface area contributed by atoms with Crippen molar-refractivity contribution in [3.63, 3.8) is 0 Å². The Morgan fingerprint density at radius 1 is 1.56 bits per heavy atom. The minimum atomic E-state index is -0.132. The van der Waals surface area contributed by atoms with E-state index in [4.69, 9.17) is 0 Å². The number of aryl methyl sites for hydroxylation is 1. The third-order valence-corrected chi connectivity index (χ3v) is 2.69. The Morgan fingerprint density at radius 3 is 3.12 bits per heavy atom. The average Bonchev–Trinajstić information content (AvgIpc) is 2.78. The summed E-state index contributed by atoms with van der Waals surface area (Å²) in [4.78, 5) is 22.4. The number of thiazole rings is 1. The third-order valence-electron chi connectivity index (χ3n) is 2.06. The highest BCUT2D eigenvalue weighted by Crippen LogP contribution is 2.05. The summed E-state index contributed by atoms with van der Waals surface area (Å²) in [5.74, 6) is 1.28. The Labute approximate surface area is 96.6 Å². The summed E-state index contributed by atoms with van der Waals surface area (Å²) in [6, 6.07) is 1.45. The Kier molecular flexibility index (Phi) is 3.31. The van der Waals surface area contributed by atoms with Crippen LogP contribution in [0.5, 0.6) is 0 Å². The molecule has 0 fully saturated rings. The zero-order valence-electron chi connectivity index (χ0n) is 8.86. The number of anilines is 1. The van der Waals surface area contributed by atoms with E-state index in [9.17, 15) is 4.79 Å². The Morgan fingerprint density at radius 2 is 2.44 bits per heavy atom. The predicted octanol–water partition coefficient (Wildman–Crippen LogP) is 1.40. The van der Waals surface area contributed by atoms with Gasteiger partial charge in [-0.3, -0.25) is 4.79 Å². The van der Waals surface area contributed by atoms with Gasteiger partial charge in [0.05, 0.1) is 17.7 Å². The molecule has 0 atom stereocenters. The zero-order chi connectivity index (χ0) is 11.4. The number of hydrogen-bond donors (Lipinski definition) is 2. The van der Waals surface area contributed by atoms with Gasteiger partial charge in [0, 0.05) is 17.9 Å². The number of nitrogens with zero attached hydrogens (tertiary/aromatic N) is 2. The second-order valence-electron chi connectivity index (χ2n) is 3.26. The van der Waals surface area contributed by atoms with E-state index in [1.165, 1.54) is 6.07 Å². The van der Waals surface area contributed by atoms with Crippen LogP contribution in [0.15, 0.2) is 21.8 Å². The van der Waals surface area contributed by atoms with Crippen LogP contribution >= 0.6 is 11.3 Å². The summed E-state index contributed by atoms with van der Waals surface area (Å²) in [7, 11) is 0. The molecular weight excluding hydrogens is 224 g/mol. The number of rotatable bonds is 4. The molecule has 0 bridgehead atoms. The highest BCUT2D eigenvalue weighted by Gasteiger charge is 2.00. The standard InChI is InChI=1S/C10H12N4OS/c1-2-8-13-9(3-10(15)14-8)11-4-7-5-16-6-12-7/h3,5-6H,2,4H2,1H3,(H2,11,13,14,15). The lowest BCUT2D eigenvalue weighted by Crippen LogP contribution is -2.13. The molecule has 2 N–H and O–H groups in total. The highest BCUT2D eigenvalue weighted by molar-refractivity contribution is 7.07. The molecule has 0 saturated carbocycles. The quantitative estimate of drug-likeness (QED) is 0.841. The largest absolute Gasteiger partial charge is 0.364 e. The number of aromatic amines is 1. The summed E-state index contributed by atoms with van der Waals surface area (Å²) in [6.45, 7) is 2.53. The van der Waals surface area contributed by atoms with Crippen molar-refractivity contribution >= 4 is 17.2 Å². The first-order valence-electron chi connectivity index (χ1n) is 4.99. The van der Waals surface area contributed by atoms with Crippen molar-refractivity contribution in [2.75, 3.05) is 5.32 Å². The minimum Gasteiger partial charge on any atom is -0.364 e. The van der Waals surface area contributed by atoms with Gasteiger partial charge in [0.1, 0.15) is 11.6 Å². The molecule has 2 rings (SSSR count). The normalized spacial score (nSPS) is 10.3. The molecule has 0 spiro atoms. The van der Waals surface area contributed by atoms with Crippen LogP contribution in [-0.2, 0) is 13.0 Å². The zero-order valence-corrected chi connectivity index (χ0v) is 9.67. The average molecular weight is 236 g/mol. The molecule has 5 nitrogen and oxygen atoms in total. The number of aromatic nitrogens is 3. The summed E-state index contributed by atoms with van der Waals surface area (Å²) in [6.07, 6.45) is 0.710. The van der Waals surface area contributed by atoms with Crippen molar-refractivity contribution in [2.24, 2.45) is 0 Å². The van der Waals surface area contributed by atoms with Crippen LogP contribution < -0.4 is 10.9 Å². The molecule has 0 unspecified atom stereocenters. The van der Waals surface area contributed by atoms with Crippen molar-refractivity contribution in [3.8, 4) is 0 Å². The van der Waals surface area contributed by atoms with Crippen molar-refractivity contribution in [3.05, 3.63) is 38.8 Å². The van der Waals surface area contributed by atoms with Gasteiger partial charge in [-0.05, 0) is 0 Å². The van der Waals surface area contributed by atoms with E-state index in [1.807, 2.05) is 12.3 Å². The molecule has 0 aliphatic heterocycles. The van der Waals surface area contributed by atoms with Crippen molar-refractivity contribution in [1.82, 2.24) is 15.0 Å². The number of H-pyrrole nitrogens is 1. The highest BCUT2D eigenvalue weighted by atomic mass is 32.1. The summed E-state index contributed by atoms with van der Waals surface area (Å²) >= 11 is 1.55. The molecule has 0 aliphatic rings. The van der Waals surface area contributed by atoms with E-state index in [-0.39, 0.29) is 5.56 Å². The fraction of sp³-hybridized carbons (Fsp3) is 0.300. The van der Waals surface area contributed by atoms with Crippen LogP contribution in [0.1, 0.15) is 18.4 Å². The summed E-state index contributed by atoms with van der Waals surface area (Å²) < 4.78 is 0. The van der Waals surface area contributed by atoms with Gasteiger partial charge in [-0.15, -0.1) is 11.3 Å². The molecule has 2 aromatic rings. The van der Waals surface area contributed by atoms with E-state index >= 15 is 0 Å². The molecule has 0 amide bonds. The summed E-state index contributed by atoms with van der Waals surface area (Å²) in [5.41, 5.74) is 2.59. The maximum atomic E-state index is 11.3. The predicted molar refractivity (Wildman–Crippen MR) is 63.7 cm³/mol. The van der Waals surface area contributed by atoms with Crippen LogP contribution in [0.25, 0.3) is 0 Å². The van der Waals surface area contributed by atoms with Crippen molar-refractivity contribution in [2.45, 2.75) is 19.9 Å². The van der Waals surface area contributed by atoms with E-state index < -0.39 is 0 Å². The second-order valence-corrected chi connectivity index (χ2v) is 3.98. The van der Waals surface area contributed by atoms with Crippen LogP contribution in [0.4, 0.5) is 5.82 Å². The van der Waals surface area contributed by atoms with Gasteiger partial charge in [-0.25, -0.2) is 9.97 Å². The van der Waals surface area contributed by atoms with E-state index in [0.717, 1.165) is 5.69 Å². The molecule has 2 heterocycles. The van der Waals surface area contributed by atoms with E-state index in [2.05, 4.69) is 20.3 Å². The lowest BCUT2D eigenvalue weighted by Gasteiger charge is -2.04. The Bertz CT molecular complexity index is 506. The molecule has 0 aromatic carbocycles. The smallest absolute Gasteiger partial charge is 0.252 e.